The van der Waals surface area contributed by atoms with Crippen LogP contribution in [-0.2, 0) is 6.42 Å². The van der Waals surface area contributed by atoms with Crippen molar-refractivity contribution in [2.75, 3.05) is 12.3 Å². The first-order valence-electron chi connectivity index (χ1n) is 6.49. The minimum Gasteiger partial charge on any atom is -0.384 e. The van der Waals surface area contributed by atoms with E-state index in [0.29, 0.717) is 24.3 Å². The number of nitrogens with two attached hydrogens (primary N) is 1. The van der Waals surface area contributed by atoms with Crippen LogP contribution in [0.2, 0.25) is 0 Å². The van der Waals surface area contributed by atoms with Gasteiger partial charge in [-0.3, -0.25) is 0 Å². The molecule has 0 bridgehead atoms. The smallest absolute Gasteiger partial charge is 0.130 e. The Balaban J connectivity index is 2.26. The number of nitrogens with zero attached hydrogens (tertiary/aromatic N) is 1. The van der Waals surface area contributed by atoms with Gasteiger partial charge in [0.15, 0.2) is 0 Å². The molecular formula is C15H17F2N3. The van der Waals surface area contributed by atoms with Crippen LogP contribution in [0.1, 0.15) is 24.1 Å². The maximum Gasteiger partial charge on any atom is 0.130 e. The summed E-state index contributed by atoms with van der Waals surface area (Å²) < 4.78 is 26.9. The first-order chi connectivity index (χ1) is 9.60. The zero-order valence-corrected chi connectivity index (χ0v) is 11.2. The topological polar surface area (TPSA) is 50.9 Å². The number of likely N-dealkylation sites (N-methyl/N-ethyl adjacent to an activating group) is 1. The second-order valence-electron chi connectivity index (χ2n) is 4.57. The maximum absolute atomic E-state index is 13.9. The Labute approximate surface area is 116 Å². The Morgan fingerprint density at radius 1 is 1.25 bits per heavy atom. The summed E-state index contributed by atoms with van der Waals surface area (Å²) in [6.45, 7) is 2.62. The molecule has 0 spiro atoms. The summed E-state index contributed by atoms with van der Waals surface area (Å²) in [7, 11) is 0. The fraction of sp³-hybridized carbons (Fsp3) is 0.267. The molecule has 0 aliphatic rings. The van der Waals surface area contributed by atoms with E-state index in [2.05, 4.69) is 10.3 Å². The summed E-state index contributed by atoms with van der Waals surface area (Å²) in [6, 6.07) is 7.00. The molecule has 106 valence electrons. The zero-order valence-electron chi connectivity index (χ0n) is 11.2. The fourth-order valence-electron chi connectivity index (χ4n) is 2.18. The molecule has 0 aliphatic heterocycles. The summed E-state index contributed by atoms with van der Waals surface area (Å²) in [6.07, 6.45) is 2.18. The molecule has 1 atom stereocenters. The lowest BCUT2D eigenvalue weighted by molar-refractivity contribution is 0.502. The van der Waals surface area contributed by atoms with Crippen molar-refractivity contribution in [3.63, 3.8) is 0 Å². The molecule has 5 heteroatoms. The molecular weight excluding hydrogens is 260 g/mol. The number of nitrogen functional groups attached to an aromatic ring is 1. The molecule has 0 amide bonds. The van der Waals surface area contributed by atoms with Crippen molar-refractivity contribution in [3.05, 3.63) is 59.3 Å². The van der Waals surface area contributed by atoms with Crippen LogP contribution in [-0.4, -0.2) is 11.5 Å². The number of rotatable bonds is 5. The van der Waals surface area contributed by atoms with Gasteiger partial charge in [-0.15, -0.1) is 0 Å². The van der Waals surface area contributed by atoms with Crippen molar-refractivity contribution in [2.45, 2.75) is 19.4 Å². The molecule has 3 nitrogen and oxygen atoms in total. The molecule has 20 heavy (non-hydrogen) atoms. The first kappa shape index (κ1) is 14.4. The molecule has 1 heterocycles. The Kier molecular flexibility index (Phi) is 4.63. The molecule has 1 unspecified atom stereocenters. The first-order valence-corrected chi connectivity index (χ1v) is 6.49. The van der Waals surface area contributed by atoms with Gasteiger partial charge in [-0.2, -0.15) is 0 Å². The molecule has 0 fully saturated rings. The molecule has 0 aliphatic carbocycles. The average molecular weight is 277 g/mol. The lowest BCUT2D eigenvalue weighted by atomic mass is 9.98. The van der Waals surface area contributed by atoms with Gasteiger partial charge in [-0.1, -0.05) is 13.0 Å². The van der Waals surface area contributed by atoms with E-state index in [9.17, 15) is 8.78 Å². The van der Waals surface area contributed by atoms with E-state index < -0.39 is 11.6 Å². The van der Waals surface area contributed by atoms with Crippen LogP contribution in [0, 0.1) is 11.6 Å². The summed E-state index contributed by atoms with van der Waals surface area (Å²) >= 11 is 0. The number of benzene rings is 1. The van der Waals surface area contributed by atoms with Gasteiger partial charge >= 0.3 is 0 Å². The van der Waals surface area contributed by atoms with Gasteiger partial charge in [0.2, 0.25) is 0 Å². The van der Waals surface area contributed by atoms with Gasteiger partial charge in [0.1, 0.15) is 17.5 Å². The predicted octanol–water partition coefficient (Wildman–Crippen LogP) is 2.84. The monoisotopic (exact) mass is 277 g/mol. The van der Waals surface area contributed by atoms with Gasteiger partial charge in [0, 0.05) is 23.9 Å². The highest BCUT2D eigenvalue weighted by atomic mass is 19.1. The molecule has 2 rings (SSSR count). The second-order valence-corrected chi connectivity index (χ2v) is 4.57. The lowest BCUT2D eigenvalue weighted by Gasteiger charge is -2.19. The standard InChI is InChI=1S/C15H17F2N3/c1-2-19-14(7-10-5-6-20-15(18)8-10)12-4-3-11(16)9-13(12)17/h3-6,8-9,14,19H,2,7H2,1H3,(H2,18,20). The summed E-state index contributed by atoms with van der Waals surface area (Å²) in [5.74, 6) is -0.690. The lowest BCUT2D eigenvalue weighted by Crippen LogP contribution is -2.24. The minimum absolute atomic E-state index is 0.234. The van der Waals surface area contributed by atoms with Gasteiger partial charge in [-0.25, -0.2) is 13.8 Å². The van der Waals surface area contributed by atoms with Crippen LogP contribution < -0.4 is 11.1 Å². The molecule has 0 radical (unpaired) electrons. The third kappa shape index (κ3) is 3.51. The fourth-order valence-corrected chi connectivity index (χ4v) is 2.18. The SMILES string of the molecule is CCNC(Cc1ccnc(N)c1)c1ccc(F)cc1F. The zero-order chi connectivity index (χ0) is 14.5. The van der Waals surface area contributed by atoms with Crippen molar-refractivity contribution in [1.82, 2.24) is 10.3 Å². The predicted molar refractivity (Wildman–Crippen MR) is 75.1 cm³/mol. The molecule has 1 aromatic heterocycles. The Hall–Kier alpha value is -2.01. The van der Waals surface area contributed by atoms with E-state index in [1.165, 1.54) is 12.1 Å². The van der Waals surface area contributed by atoms with Crippen LogP contribution in [0.25, 0.3) is 0 Å². The van der Waals surface area contributed by atoms with Gasteiger partial charge in [0.05, 0.1) is 0 Å². The summed E-state index contributed by atoms with van der Waals surface area (Å²) in [5, 5.41) is 3.20. The van der Waals surface area contributed by atoms with E-state index in [0.717, 1.165) is 11.6 Å². The van der Waals surface area contributed by atoms with E-state index in [-0.39, 0.29) is 6.04 Å². The number of nitrogens with one attached hydrogen (secondary N) is 1. The van der Waals surface area contributed by atoms with E-state index in [1.807, 2.05) is 13.0 Å². The van der Waals surface area contributed by atoms with Crippen molar-refractivity contribution in [1.29, 1.82) is 0 Å². The average Bonchev–Trinajstić information content (AvgIpc) is 2.38. The van der Waals surface area contributed by atoms with E-state index in [4.69, 9.17) is 5.73 Å². The van der Waals surface area contributed by atoms with Crippen LogP contribution in [0.3, 0.4) is 0 Å². The number of hydrogen-bond acceptors (Lipinski definition) is 3. The minimum atomic E-state index is -0.574. The number of anilines is 1. The van der Waals surface area contributed by atoms with Crippen LogP contribution in [0.4, 0.5) is 14.6 Å². The van der Waals surface area contributed by atoms with Crippen molar-refractivity contribution >= 4 is 5.82 Å². The number of halogens is 2. The van der Waals surface area contributed by atoms with Crippen molar-refractivity contribution < 1.29 is 8.78 Å². The summed E-state index contributed by atoms with van der Waals surface area (Å²) in [5.41, 5.74) is 7.04. The highest BCUT2D eigenvalue weighted by molar-refractivity contribution is 5.33. The van der Waals surface area contributed by atoms with Gasteiger partial charge < -0.3 is 11.1 Å². The molecule has 1 aromatic carbocycles. The third-order valence-corrected chi connectivity index (χ3v) is 3.07. The second kappa shape index (κ2) is 6.43. The highest BCUT2D eigenvalue weighted by Crippen LogP contribution is 2.22. The molecule has 3 N–H and O–H groups in total. The number of hydrogen-bond donors (Lipinski definition) is 2. The van der Waals surface area contributed by atoms with Crippen LogP contribution >= 0.6 is 0 Å². The number of pyridine rings is 1. The van der Waals surface area contributed by atoms with Crippen LogP contribution in [0.5, 0.6) is 0 Å². The molecule has 2 aromatic rings. The van der Waals surface area contributed by atoms with Gasteiger partial charge in [0.25, 0.3) is 0 Å². The van der Waals surface area contributed by atoms with E-state index in [1.54, 1.807) is 12.3 Å². The Bertz CT molecular complexity index is 587. The highest BCUT2D eigenvalue weighted by Gasteiger charge is 2.16. The number of aromatic nitrogens is 1. The molecule has 0 saturated carbocycles. The summed E-state index contributed by atoms with van der Waals surface area (Å²) in [4.78, 5) is 3.93. The normalized spacial score (nSPS) is 12.3. The Morgan fingerprint density at radius 3 is 2.70 bits per heavy atom. The van der Waals surface area contributed by atoms with E-state index >= 15 is 0 Å². The maximum atomic E-state index is 13.9. The third-order valence-electron chi connectivity index (χ3n) is 3.07. The largest absolute Gasteiger partial charge is 0.384 e. The molecule has 0 saturated heterocycles. The Morgan fingerprint density at radius 2 is 2.05 bits per heavy atom. The quantitative estimate of drug-likeness (QED) is 0.883. The van der Waals surface area contributed by atoms with Crippen molar-refractivity contribution in [2.24, 2.45) is 0 Å². The van der Waals surface area contributed by atoms with Gasteiger partial charge in [-0.05, 0) is 36.7 Å². The van der Waals surface area contributed by atoms with Crippen molar-refractivity contribution in [3.8, 4) is 0 Å². The van der Waals surface area contributed by atoms with Crippen LogP contribution in [0.15, 0.2) is 36.5 Å².